The third-order valence-corrected chi connectivity index (χ3v) is 2.95. The molecule has 0 aliphatic rings. The van der Waals surface area contributed by atoms with Crippen LogP contribution in [0.2, 0.25) is 0 Å². The second-order valence-electron chi connectivity index (χ2n) is 4.22. The van der Waals surface area contributed by atoms with Crippen LogP contribution in [0.4, 0.5) is 0 Å². The minimum atomic E-state index is -0.913. The van der Waals surface area contributed by atoms with Gasteiger partial charge in [0.15, 0.2) is 0 Å². The maximum absolute atomic E-state index is 11.0. The Morgan fingerprint density at radius 3 is 2.59 bits per heavy atom. The molecule has 0 amide bonds. The van der Waals surface area contributed by atoms with Gasteiger partial charge in [-0.05, 0) is 37.1 Å². The number of carbonyl (C=O) groups is 1. The van der Waals surface area contributed by atoms with E-state index in [0.29, 0.717) is 12.1 Å². The number of carboxylic acid groups (broad SMARTS) is 1. The molecule has 0 saturated carbocycles. The van der Waals surface area contributed by atoms with Gasteiger partial charge in [0.05, 0.1) is 17.7 Å². The van der Waals surface area contributed by atoms with Crippen LogP contribution in [0.5, 0.6) is 0 Å². The zero-order valence-electron chi connectivity index (χ0n) is 9.90. The van der Waals surface area contributed by atoms with E-state index in [2.05, 4.69) is 0 Å². The SMILES string of the molecule is Cc1cn(CCO)c2c(C)cc(C(=O)O)cc12. The second-order valence-corrected chi connectivity index (χ2v) is 4.22. The van der Waals surface area contributed by atoms with Crippen LogP contribution in [0.1, 0.15) is 21.5 Å². The molecular weight excluding hydrogens is 218 g/mol. The van der Waals surface area contributed by atoms with E-state index in [4.69, 9.17) is 10.2 Å². The van der Waals surface area contributed by atoms with Crippen LogP contribution in [-0.4, -0.2) is 27.4 Å². The van der Waals surface area contributed by atoms with Gasteiger partial charge in [-0.15, -0.1) is 0 Å². The van der Waals surface area contributed by atoms with Crippen molar-refractivity contribution in [3.63, 3.8) is 0 Å². The van der Waals surface area contributed by atoms with Gasteiger partial charge < -0.3 is 14.8 Å². The monoisotopic (exact) mass is 233 g/mol. The summed E-state index contributed by atoms with van der Waals surface area (Å²) in [6, 6.07) is 3.35. The Bertz CT molecular complexity index is 584. The molecule has 17 heavy (non-hydrogen) atoms. The lowest BCUT2D eigenvalue weighted by Crippen LogP contribution is -2.02. The highest BCUT2D eigenvalue weighted by Gasteiger charge is 2.12. The Morgan fingerprint density at radius 2 is 2.00 bits per heavy atom. The first-order valence-corrected chi connectivity index (χ1v) is 5.49. The van der Waals surface area contributed by atoms with Gasteiger partial charge in [0.2, 0.25) is 0 Å². The first-order valence-electron chi connectivity index (χ1n) is 5.49. The number of aryl methyl sites for hydroxylation is 2. The molecular formula is C13H15NO3. The molecule has 4 nitrogen and oxygen atoms in total. The maximum Gasteiger partial charge on any atom is 0.335 e. The topological polar surface area (TPSA) is 62.5 Å². The molecule has 0 bridgehead atoms. The summed E-state index contributed by atoms with van der Waals surface area (Å²) in [7, 11) is 0. The summed E-state index contributed by atoms with van der Waals surface area (Å²) in [6.45, 7) is 4.43. The molecule has 0 atom stereocenters. The lowest BCUT2D eigenvalue weighted by atomic mass is 10.1. The Balaban J connectivity index is 2.73. The Morgan fingerprint density at radius 1 is 1.29 bits per heavy atom. The summed E-state index contributed by atoms with van der Waals surface area (Å²) in [4.78, 5) is 11.0. The van der Waals surface area contributed by atoms with Crippen molar-refractivity contribution in [1.82, 2.24) is 4.57 Å². The van der Waals surface area contributed by atoms with Gasteiger partial charge in [0.1, 0.15) is 0 Å². The molecule has 0 radical (unpaired) electrons. The lowest BCUT2D eigenvalue weighted by molar-refractivity contribution is 0.0697. The largest absolute Gasteiger partial charge is 0.478 e. The summed E-state index contributed by atoms with van der Waals surface area (Å²) in [6.07, 6.45) is 1.94. The smallest absolute Gasteiger partial charge is 0.335 e. The number of fused-ring (bicyclic) bond motifs is 1. The van der Waals surface area contributed by atoms with Crippen LogP contribution in [0, 0.1) is 13.8 Å². The number of aromatic nitrogens is 1. The van der Waals surface area contributed by atoms with Crippen molar-refractivity contribution in [2.24, 2.45) is 0 Å². The van der Waals surface area contributed by atoms with E-state index in [1.165, 1.54) is 0 Å². The number of hydrogen-bond donors (Lipinski definition) is 2. The summed E-state index contributed by atoms with van der Waals surface area (Å²) in [5.74, 6) is -0.913. The molecule has 4 heteroatoms. The highest BCUT2D eigenvalue weighted by atomic mass is 16.4. The second kappa shape index (κ2) is 4.22. The van der Waals surface area contributed by atoms with Gasteiger partial charge in [0, 0.05) is 18.1 Å². The van der Waals surface area contributed by atoms with Crippen molar-refractivity contribution in [1.29, 1.82) is 0 Å². The predicted octanol–water partition coefficient (Wildman–Crippen LogP) is 1.95. The molecule has 1 aromatic heterocycles. The van der Waals surface area contributed by atoms with Crippen molar-refractivity contribution in [2.75, 3.05) is 6.61 Å². The normalized spacial score (nSPS) is 11.0. The quantitative estimate of drug-likeness (QED) is 0.851. The van der Waals surface area contributed by atoms with E-state index < -0.39 is 5.97 Å². The van der Waals surface area contributed by atoms with Crippen molar-refractivity contribution in [3.05, 3.63) is 35.0 Å². The van der Waals surface area contributed by atoms with Crippen LogP contribution in [0.3, 0.4) is 0 Å². The number of benzene rings is 1. The number of carboxylic acids is 1. The van der Waals surface area contributed by atoms with Crippen LogP contribution in [0.15, 0.2) is 18.3 Å². The van der Waals surface area contributed by atoms with E-state index in [1.54, 1.807) is 12.1 Å². The maximum atomic E-state index is 11.0. The molecule has 0 aliphatic heterocycles. The Labute approximate surface area is 99.1 Å². The van der Waals surface area contributed by atoms with Gasteiger partial charge in [-0.3, -0.25) is 0 Å². The van der Waals surface area contributed by atoms with Crippen LogP contribution in [-0.2, 0) is 6.54 Å². The number of rotatable bonds is 3. The third kappa shape index (κ3) is 1.91. The van der Waals surface area contributed by atoms with Crippen molar-refractivity contribution < 1.29 is 15.0 Å². The minimum Gasteiger partial charge on any atom is -0.478 e. The summed E-state index contributed by atoms with van der Waals surface area (Å²) in [5, 5.41) is 19.0. The molecule has 2 N–H and O–H groups in total. The van der Waals surface area contributed by atoms with Gasteiger partial charge >= 0.3 is 5.97 Å². The number of aliphatic hydroxyl groups is 1. The Kier molecular flexibility index (Phi) is 2.90. The van der Waals surface area contributed by atoms with Crippen molar-refractivity contribution in [3.8, 4) is 0 Å². The highest BCUT2D eigenvalue weighted by Crippen LogP contribution is 2.25. The van der Waals surface area contributed by atoms with Crippen LogP contribution in [0.25, 0.3) is 10.9 Å². The number of aromatic carboxylic acids is 1. The molecule has 1 heterocycles. The Hall–Kier alpha value is -1.81. The van der Waals surface area contributed by atoms with Gasteiger partial charge in [-0.2, -0.15) is 0 Å². The summed E-state index contributed by atoms with van der Waals surface area (Å²) in [5.41, 5.74) is 3.25. The molecule has 0 spiro atoms. The number of aliphatic hydroxyl groups excluding tert-OH is 1. The number of nitrogens with zero attached hydrogens (tertiary/aromatic N) is 1. The molecule has 1 aromatic carbocycles. The molecule has 0 aliphatic carbocycles. The van der Waals surface area contributed by atoms with E-state index in [1.807, 2.05) is 24.6 Å². The fourth-order valence-electron chi connectivity index (χ4n) is 2.24. The van der Waals surface area contributed by atoms with E-state index >= 15 is 0 Å². The molecule has 0 fully saturated rings. The first kappa shape index (κ1) is 11.7. The summed E-state index contributed by atoms with van der Waals surface area (Å²) < 4.78 is 1.96. The third-order valence-electron chi connectivity index (χ3n) is 2.95. The fourth-order valence-corrected chi connectivity index (χ4v) is 2.24. The molecule has 90 valence electrons. The zero-order chi connectivity index (χ0) is 12.6. The highest BCUT2D eigenvalue weighted by molar-refractivity contribution is 5.96. The zero-order valence-corrected chi connectivity index (χ0v) is 9.90. The van der Waals surface area contributed by atoms with Crippen molar-refractivity contribution >= 4 is 16.9 Å². The van der Waals surface area contributed by atoms with Crippen molar-refractivity contribution in [2.45, 2.75) is 20.4 Å². The number of hydrogen-bond acceptors (Lipinski definition) is 2. The molecule has 2 rings (SSSR count). The fraction of sp³-hybridized carbons (Fsp3) is 0.308. The van der Waals surface area contributed by atoms with Gasteiger partial charge in [-0.1, -0.05) is 0 Å². The van der Waals surface area contributed by atoms with E-state index in [9.17, 15) is 4.79 Å². The molecule has 0 saturated heterocycles. The first-order chi connectivity index (χ1) is 8.04. The average molecular weight is 233 g/mol. The molecule has 2 aromatic rings. The van der Waals surface area contributed by atoms with E-state index in [0.717, 1.165) is 22.0 Å². The van der Waals surface area contributed by atoms with Gasteiger partial charge in [-0.25, -0.2) is 4.79 Å². The minimum absolute atomic E-state index is 0.0728. The van der Waals surface area contributed by atoms with Gasteiger partial charge in [0.25, 0.3) is 0 Å². The standard InChI is InChI=1S/C13H15NO3/c1-8-5-10(13(16)17)6-11-9(2)7-14(3-4-15)12(8)11/h5-7,15H,3-4H2,1-2H3,(H,16,17). The predicted molar refractivity (Wildman–Crippen MR) is 65.5 cm³/mol. The lowest BCUT2D eigenvalue weighted by Gasteiger charge is -2.06. The average Bonchev–Trinajstić information content (AvgIpc) is 2.57. The van der Waals surface area contributed by atoms with E-state index in [-0.39, 0.29) is 6.61 Å². The molecule has 0 unspecified atom stereocenters. The summed E-state index contributed by atoms with van der Waals surface area (Å²) >= 11 is 0. The van der Waals surface area contributed by atoms with Crippen LogP contribution >= 0.6 is 0 Å². The van der Waals surface area contributed by atoms with Crippen LogP contribution < -0.4 is 0 Å².